The number of benzene rings is 1. The molecule has 1 aromatic rings. The van der Waals surface area contributed by atoms with Crippen LogP contribution in [0.25, 0.3) is 6.08 Å². The first-order chi connectivity index (χ1) is 6.77. The van der Waals surface area contributed by atoms with Gasteiger partial charge in [0.2, 0.25) is 0 Å². The Hall–Kier alpha value is -1.66. The summed E-state index contributed by atoms with van der Waals surface area (Å²) in [5.41, 5.74) is 0.970. The summed E-state index contributed by atoms with van der Waals surface area (Å²) >= 11 is 0. The van der Waals surface area contributed by atoms with Gasteiger partial charge in [-0.05, 0) is 11.6 Å². The Morgan fingerprint density at radius 2 is 2.29 bits per heavy atom. The highest BCUT2D eigenvalue weighted by Crippen LogP contribution is 2.11. The fraction of sp³-hybridized carbons (Fsp3) is 0.182. The minimum absolute atomic E-state index is 0.280. The molecule has 0 aliphatic rings. The molecule has 0 radical (unpaired) electrons. The van der Waals surface area contributed by atoms with Gasteiger partial charge in [-0.15, -0.1) is 0 Å². The van der Waals surface area contributed by atoms with Gasteiger partial charge in [-0.1, -0.05) is 24.3 Å². The smallest absolute Gasteiger partial charge is 0.129 e. The summed E-state index contributed by atoms with van der Waals surface area (Å²) < 4.78 is 13.1. The molecule has 0 amide bonds. The highest BCUT2D eigenvalue weighted by Gasteiger charge is 1.99. The van der Waals surface area contributed by atoms with Crippen molar-refractivity contribution in [2.24, 2.45) is 0 Å². The topological polar surface area (TPSA) is 44.0 Å². The molecule has 0 fully saturated rings. The Balaban J connectivity index is 2.82. The van der Waals surface area contributed by atoms with E-state index in [1.165, 1.54) is 12.1 Å². The van der Waals surface area contributed by atoms with Crippen LogP contribution in [0.2, 0.25) is 0 Å². The van der Waals surface area contributed by atoms with E-state index in [2.05, 4.69) is 0 Å². The predicted octanol–water partition coefficient (Wildman–Crippen LogP) is 2.24. The molecule has 1 N–H and O–H groups in total. The molecule has 0 saturated heterocycles. The molecule has 72 valence electrons. The van der Waals surface area contributed by atoms with Gasteiger partial charge < -0.3 is 5.11 Å². The molecular weight excluding hydrogens is 181 g/mol. The number of halogens is 1. The van der Waals surface area contributed by atoms with E-state index in [0.717, 1.165) is 0 Å². The van der Waals surface area contributed by atoms with Crippen LogP contribution in [0.3, 0.4) is 0 Å². The van der Waals surface area contributed by atoms with E-state index >= 15 is 0 Å². The molecular formula is C11H10FNO. The maximum absolute atomic E-state index is 13.1. The number of aliphatic hydroxyl groups excluding tert-OH is 1. The van der Waals surface area contributed by atoms with Crippen molar-refractivity contribution in [2.75, 3.05) is 0 Å². The lowest BCUT2D eigenvalue weighted by atomic mass is 10.1. The standard InChI is InChI=1S/C11H10FNO/c12-11-7-9(3-1-2-6-13)4-5-10(11)8-14/h1,3-5,7,14H,2,8H2. The van der Waals surface area contributed by atoms with E-state index in [-0.39, 0.29) is 12.2 Å². The van der Waals surface area contributed by atoms with Gasteiger partial charge in [0.1, 0.15) is 5.82 Å². The first-order valence-corrected chi connectivity index (χ1v) is 4.20. The van der Waals surface area contributed by atoms with Crippen LogP contribution in [0.1, 0.15) is 17.5 Å². The van der Waals surface area contributed by atoms with Gasteiger partial charge in [0.05, 0.1) is 19.1 Å². The maximum Gasteiger partial charge on any atom is 0.129 e. The van der Waals surface area contributed by atoms with Gasteiger partial charge in [0.15, 0.2) is 0 Å². The zero-order valence-electron chi connectivity index (χ0n) is 7.57. The Labute approximate surface area is 81.9 Å². The second-order valence-corrected chi connectivity index (χ2v) is 2.77. The highest BCUT2D eigenvalue weighted by atomic mass is 19.1. The average Bonchev–Trinajstić information content (AvgIpc) is 2.18. The Kier molecular flexibility index (Phi) is 3.84. The van der Waals surface area contributed by atoms with Crippen LogP contribution in [-0.4, -0.2) is 5.11 Å². The molecule has 1 rings (SSSR count). The van der Waals surface area contributed by atoms with Gasteiger partial charge in [0, 0.05) is 5.56 Å². The number of rotatable bonds is 3. The summed E-state index contributed by atoms with van der Waals surface area (Å²) in [6.45, 7) is -0.298. The van der Waals surface area contributed by atoms with Crippen molar-refractivity contribution in [1.29, 1.82) is 5.26 Å². The lowest BCUT2D eigenvalue weighted by molar-refractivity contribution is 0.275. The zero-order valence-corrected chi connectivity index (χ0v) is 7.57. The molecule has 0 aliphatic heterocycles. The summed E-state index contributed by atoms with van der Waals surface area (Å²) in [6.07, 6.45) is 3.64. The highest BCUT2D eigenvalue weighted by molar-refractivity contribution is 5.50. The normalized spacial score (nSPS) is 10.4. The van der Waals surface area contributed by atoms with Crippen LogP contribution < -0.4 is 0 Å². The number of hydrogen-bond acceptors (Lipinski definition) is 2. The Morgan fingerprint density at radius 3 is 2.86 bits per heavy atom. The second kappa shape index (κ2) is 5.15. The minimum Gasteiger partial charge on any atom is -0.392 e. The van der Waals surface area contributed by atoms with Crippen molar-refractivity contribution < 1.29 is 9.50 Å². The van der Waals surface area contributed by atoms with E-state index in [4.69, 9.17) is 10.4 Å². The molecule has 0 heterocycles. The molecule has 0 aromatic heterocycles. The average molecular weight is 191 g/mol. The van der Waals surface area contributed by atoms with Crippen molar-refractivity contribution in [3.05, 3.63) is 41.2 Å². The number of allylic oxidation sites excluding steroid dienone is 1. The third kappa shape index (κ3) is 2.68. The van der Waals surface area contributed by atoms with Crippen LogP contribution in [0, 0.1) is 17.1 Å². The fourth-order valence-corrected chi connectivity index (χ4v) is 1.04. The fourth-order valence-electron chi connectivity index (χ4n) is 1.04. The molecule has 0 spiro atoms. The van der Waals surface area contributed by atoms with Crippen molar-refractivity contribution in [2.45, 2.75) is 13.0 Å². The monoisotopic (exact) mass is 191 g/mol. The second-order valence-electron chi connectivity index (χ2n) is 2.77. The van der Waals surface area contributed by atoms with Gasteiger partial charge in [0.25, 0.3) is 0 Å². The summed E-state index contributed by atoms with van der Waals surface area (Å²) in [6, 6.07) is 6.51. The molecule has 3 heteroatoms. The van der Waals surface area contributed by atoms with Crippen LogP contribution in [0.4, 0.5) is 4.39 Å². The molecule has 0 atom stereocenters. The SMILES string of the molecule is N#CCC=Cc1ccc(CO)c(F)c1. The Morgan fingerprint density at radius 1 is 1.50 bits per heavy atom. The van der Waals surface area contributed by atoms with Gasteiger partial charge in [-0.2, -0.15) is 5.26 Å². The molecule has 2 nitrogen and oxygen atoms in total. The largest absolute Gasteiger partial charge is 0.392 e. The summed E-state index contributed by atoms with van der Waals surface area (Å²) in [7, 11) is 0. The van der Waals surface area contributed by atoms with Gasteiger partial charge in [-0.25, -0.2) is 4.39 Å². The van der Waals surface area contributed by atoms with Crippen molar-refractivity contribution in [3.63, 3.8) is 0 Å². The molecule has 14 heavy (non-hydrogen) atoms. The van der Waals surface area contributed by atoms with E-state index in [9.17, 15) is 4.39 Å². The van der Waals surface area contributed by atoms with E-state index in [1.54, 1.807) is 18.2 Å². The molecule has 0 saturated carbocycles. The Bertz CT molecular complexity index is 379. The lowest BCUT2D eigenvalue weighted by Gasteiger charge is -1.99. The lowest BCUT2D eigenvalue weighted by Crippen LogP contribution is -1.89. The van der Waals surface area contributed by atoms with Crippen molar-refractivity contribution >= 4 is 6.08 Å². The van der Waals surface area contributed by atoms with Crippen LogP contribution in [0.5, 0.6) is 0 Å². The van der Waals surface area contributed by atoms with E-state index in [1.807, 2.05) is 6.07 Å². The molecule has 0 unspecified atom stereocenters. The predicted molar refractivity (Wildman–Crippen MR) is 51.6 cm³/mol. The number of aliphatic hydroxyl groups is 1. The van der Waals surface area contributed by atoms with Gasteiger partial charge in [-0.3, -0.25) is 0 Å². The minimum atomic E-state index is -0.424. The number of nitrogens with zero attached hydrogens (tertiary/aromatic N) is 1. The summed E-state index contributed by atoms with van der Waals surface area (Å²) in [4.78, 5) is 0. The van der Waals surface area contributed by atoms with Crippen LogP contribution in [0.15, 0.2) is 24.3 Å². The quantitative estimate of drug-likeness (QED) is 0.796. The van der Waals surface area contributed by atoms with Gasteiger partial charge >= 0.3 is 0 Å². The third-order valence-corrected chi connectivity index (χ3v) is 1.77. The van der Waals surface area contributed by atoms with E-state index in [0.29, 0.717) is 12.0 Å². The number of nitriles is 1. The molecule has 1 aromatic carbocycles. The van der Waals surface area contributed by atoms with E-state index < -0.39 is 5.82 Å². The third-order valence-electron chi connectivity index (χ3n) is 1.77. The maximum atomic E-state index is 13.1. The van der Waals surface area contributed by atoms with Crippen molar-refractivity contribution in [1.82, 2.24) is 0 Å². The van der Waals surface area contributed by atoms with Crippen LogP contribution in [-0.2, 0) is 6.61 Å². The summed E-state index contributed by atoms with van der Waals surface area (Å²) in [5, 5.41) is 17.0. The molecule has 0 bridgehead atoms. The first kappa shape index (κ1) is 10.4. The van der Waals surface area contributed by atoms with Crippen molar-refractivity contribution in [3.8, 4) is 6.07 Å². The molecule has 0 aliphatic carbocycles. The van der Waals surface area contributed by atoms with Crippen LogP contribution >= 0.6 is 0 Å². The summed E-state index contributed by atoms with van der Waals surface area (Å²) in [5.74, 6) is -0.424. The number of hydrogen-bond donors (Lipinski definition) is 1. The zero-order chi connectivity index (χ0) is 10.4. The first-order valence-electron chi connectivity index (χ1n) is 4.20.